The molecule has 86 valence electrons. The molecule has 0 saturated carbocycles. The van der Waals surface area contributed by atoms with Crippen LogP contribution in [0.2, 0.25) is 0 Å². The molecule has 0 nitrogen and oxygen atoms in total. The van der Waals surface area contributed by atoms with E-state index in [-0.39, 0.29) is 5.82 Å². The van der Waals surface area contributed by atoms with Crippen LogP contribution in [0.5, 0.6) is 0 Å². The molecule has 0 unspecified atom stereocenters. The monoisotopic (exact) mass is 230 g/mol. The molecule has 2 aromatic carbocycles. The lowest BCUT2D eigenvalue weighted by Crippen LogP contribution is -1.89. The molecule has 0 amide bonds. The predicted octanol–water partition coefficient (Wildman–Crippen LogP) is 4.12. The normalized spacial score (nSPS) is 13.8. The lowest BCUT2D eigenvalue weighted by atomic mass is 10.00. The fourth-order valence-electron chi connectivity index (χ4n) is 2.46. The number of halogens is 2. The number of hydrogen-bond donors (Lipinski definition) is 0. The van der Waals surface area contributed by atoms with E-state index in [9.17, 15) is 8.78 Å². The van der Waals surface area contributed by atoms with Crippen LogP contribution in [0.25, 0.3) is 11.1 Å². The van der Waals surface area contributed by atoms with Gasteiger partial charge in [-0.2, -0.15) is 0 Å². The summed E-state index contributed by atoms with van der Waals surface area (Å²) >= 11 is 0. The fraction of sp³-hybridized carbons (Fsp3) is 0.200. The first-order valence-corrected chi connectivity index (χ1v) is 5.81. The molecule has 1 aliphatic carbocycles. The standard InChI is InChI=1S/C15H12F2/c16-13-6-7-15(17)14(9-13)12-5-4-10-2-1-3-11(10)8-12/h4-9H,1-3H2. The number of fused-ring (bicyclic) bond motifs is 1. The highest BCUT2D eigenvalue weighted by atomic mass is 19.1. The van der Waals surface area contributed by atoms with Gasteiger partial charge in [-0.15, -0.1) is 0 Å². The van der Waals surface area contributed by atoms with Gasteiger partial charge in [-0.1, -0.05) is 18.2 Å². The molecule has 0 saturated heterocycles. The molecule has 0 aliphatic heterocycles. The molecule has 0 fully saturated rings. The van der Waals surface area contributed by atoms with Crippen LogP contribution in [0.15, 0.2) is 36.4 Å². The van der Waals surface area contributed by atoms with Crippen LogP contribution >= 0.6 is 0 Å². The molecule has 17 heavy (non-hydrogen) atoms. The van der Waals surface area contributed by atoms with E-state index in [1.807, 2.05) is 18.2 Å². The number of hydrogen-bond acceptors (Lipinski definition) is 0. The van der Waals surface area contributed by atoms with E-state index in [0.717, 1.165) is 30.9 Å². The third-order valence-electron chi connectivity index (χ3n) is 3.34. The second kappa shape index (κ2) is 3.95. The van der Waals surface area contributed by atoms with E-state index in [0.29, 0.717) is 5.56 Å². The Bertz CT molecular complexity index is 573. The molecule has 0 bridgehead atoms. The smallest absolute Gasteiger partial charge is 0.131 e. The van der Waals surface area contributed by atoms with Crippen molar-refractivity contribution in [2.75, 3.05) is 0 Å². The van der Waals surface area contributed by atoms with Crippen molar-refractivity contribution in [3.05, 3.63) is 59.2 Å². The van der Waals surface area contributed by atoms with Gasteiger partial charge in [0.1, 0.15) is 11.6 Å². The van der Waals surface area contributed by atoms with Crippen molar-refractivity contribution in [1.29, 1.82) is 0 Å². The fourth-order valence-corrected chi connectivity index (χ4v) is 2.46. The lowest BCUT2D eigenvalue weighted by molar-refractivity contribution is 0.603. The Hall–Kier alpha value is -1.70. The van der Waals surface area contributed by atoms with Gasteiger partial charge >= 0.3 is 0 Å². The minimum absolute atomic E-state index is 0.347. The number of rotatable bonds is 1. The van der Waals surface area contributed by atoms with Crippen molar-refractivity contribution in [3.8, 4) is 11.1 Å². The third kappa shape index (κ3) is 1.84. The molecular formula is C15H12F2. The van der Waals surface area contributed by atoms with Crippen LogP contribution in [-0.4, -0.2) is 0 Å². The summed E-state index contributed by atoms with van der Waals surface area (Å²) < 4.78 is 26.8. The summed E-state index contributed by atoms with van der Waals surface area (Å²) in [7, 11) is 0. The molecule has 0 spiro atoms. The Balaban J connectivity index is 2.12. The van der Waals surface area contributed by atoms with E-state index in [1.165, 1.54) is 23.3 Å². The van der Waals surface area contributed by atoms with Crippen LogP contribution in [0.3, 0.4) is 0 Å². The Morgan fingerprint density at radius 3 is 2.53 bits per heavy atom. The van der Waals surface area contributed by atoms with Gasteiger partial charge in [-0.3, -0.25) is 0 Å². The summed E-state index contributed by atoms with van der Waals surface area (Å²) in [4.78, 5) is 0. The van der Waals surface area contributed by atoms with Gasteiger partial charge in [-0.25, -0.2) is 8.78 Å². The molecular weight excluding hydrogens is 218 g/mol. The van der Waals surface area contributed by atoms with Gasteiger partial charge in [-0.05, 0) is 54.2 Å². The Morgan fingerprint density at radius 2 is 1.65 bits per heavy atom. The molecule has 0 aromatic heterocycles. The maximum atomic E-state index is 13.6. The van der Waals surface area contributed by atoms with E-state index < -0.39 is 5.82 Å². The predicted molar refractivity (Wildman–Crippen MR) is 63.8 cm³/mol. The molecule has 0 atom stereocenters. The summed E-state index contributed by atoms with van der Waals surface area (Å²) in [6, 6.07) is 9.47. The highest BCUT2D eigenvalue weighted by Crippen LogP contribution is 2.29. The van der Waals surface area contributed by atoms with Gasteiger partial charge in [0.05, 0.1) is 0 Å². The highest BCUT2D eigenvalue weighted by molar-refractivity contribution is 5.66. The number of benzene rings is 2. The summed E-state index contributed by atoms with van der Waals surface area (Å²) in [6.07, 6.45) is 3.30. The van der Waals surface area contributed by atoms with Gasteiger partial charge in [0.15, 0.2) is 0 Å². The van der Waals surface area contributed by atoms with Crippen molar-refractivity contribution in [2.45, 2.75) is 19.3 Å². The lowest BCUT2D eigenvalue weighted by Gasteiger charge is -2.06. The Morgan fingerprint density at radius 1 is 0.824 bits per heavy atom. The molecule has 1 aliphatic rings. The topological polar surface area (TPSA) is 0 Å². The van der Waals surface area contributed by atoms with Crippen molar-refractivity contribution in [2.24, 2.45) is 0 Å². The quantitative estimate of drug-likeness (QED) is 0.691. The zero-order valence-corrected chi connectivity index (χ0v) is 9.34. The van der Waals surface area contributed by atoms with Crippen LogP contribution in [0.1, 0.15) is 17.5 Å². The van der Waals surface area contributed by atoms with Crippen LogP contribution in [0, 0.1) is 11.6 Å². The van der Waals surface area contributed by atoms with Gasteiger partial charge in [0.25, 0.3) is 0 Å². The first-order chi connectivity index (χ1) is 8.24. The Kier molecular flexibility index (Phi) is 2.43. The van der Waals surface area contributed by atoms with Crippen molar-refractivity contribution < 1.29 is 8.78 Å². The maximum Gasteiger partial charge on any atom is 0.131 e. The molecule has 0 radical (unpaired) electrons. The first kappa shape index (κ1) is 10.5. The molecule has 0 heterocycles. The zero-order chi connectivity index (χ0) is 11.8. The summed E-state index contributed by atoms with van der Waals surface area (Å²) in [5.41, 5.74) is 3.72. The molecule has 2 aromatic rings. The van der Waals surface area contributed by atoms with Crippen LogP contribution in [-0.2, 0) is 12.8 Å². The zero-order valence-electron chi connectivity index (χ0n) is 9.34. The molecule has 3 rings (SSSR count). The third-order valence-corrected chi connectivity index (χ3v) is 3.34. The minimum Gasteiger partial charge on any atom is -0.207 e. The first-order valence-electron chi connectivity index (χ1n) is 5.81. The van der Waals surface area contributed by atoms with Crippen LogP contribution < -0.4 is 0 Å². The SMILES string of the molecule is Fc1ccc(F)c(-c2ccc3c(c2)CCC3)c1. The van der Waals surface area contributed by atoms with Gasteiger partial charge < -0.3 is 0 Å². The molecule has 2 heteroatoms. The minimum atomic E-state index is -0.401. The maximum absolute atomic E-state index is 13.6. The van der Waals surface area contributed by atoms with Gasteiger partial charge in [0, 0.05) is 5.56 Å². The Labute approximate surface area is 98.9 Å². The van der Waals surface area contributed by atoms with E-state index in [4.69, 9.17) is 0 Å². The van der Waals surface area contributed by atoms with E-state index in [1.54, 1.807) is 0 Å². The highest BCUT2D eigenvalue weighted by Gasteiger charge is 2.13. The summed E-state index contributed by atoms with van der Waals surface area (Å²) in [6.45, 7) is 0. The average molecular weight is 230 g/mol. The summed E-state index contributed by atoms with van der Waals surface area (Å²) in [5.74, 6) is -0.772. The average Bonchev–Trinajstić information content (AvgIpc) is 2.79. The van der Waals surface area contributed by atoms with E-state index >= 15 is 0 Å². The van der Waals surface area contributed by atoms with Crippen molar-refractivity contribution >= 4 is 0 Å². The molecule has 0 N–H and O–H groups in total. The van der Waals surface area contributed by atoms with Crippen LogP contribution in [0.4, 0.5) is 8.78 Å². The largest absolute Gasteiger partial charge is 0.207 e. The second-order valence-corrected chi connectivity index (χ2v) is 4.46. The van der Waals surface area contributed by atoms with E-state index in [2.05, 4.69) is 0 Å². The number of aryl methyl sites for hydroxylation is 2. The van der Waals surface area contributed by atoms with Gasteiger partial charge in [0.2, 0.25) is 0 Å². The van der Waals surface area contributed by atoms with Crippen molar-refractivity contribution in [1.82, 2.24) is 0 Å². The summed E-state index contributed by atoms with van der Waals surface area (Å²) in [5, 5.41) is 0. The van der Waals surface area contributed by atoms with Crippen molar-refractivity contribution in [3.63, 3.8) is 0 Å². The second-order valence-electron chi connectivity index (χ2n) is 4.46.